The van der Waals surface area contributed by atoms with Gasteiger partial charge in [-0.25, -0.2) is 4.79 Å². The van der Waals surface area contributed by atoms with Gasteiger partial charge in [0.2, 0.25) is 0 Å². The van der Waals surface area contributed by atoms with Crippen LogP contribution in [0.25, 0.3) is 6.08 Å². The highest BCUT2D eigenvalue weighted by Crippen LogP contribution is 2.26. The maximum atomic E-state index is 12.1. The Bertz CT molecular complexity index is 845. The molecule has 0 saturated carbocycles. The zero-order valence-electron chi connectivity index (χ0n) is 14.2. The summed E-state index contributed by atoms with van der Waals surface area (Å²) in [5, 5.41) is 3.41. The first-order valence-electron chi connectivity index (χ1n) is 8.17. The lowest BCUT2D eigenvalue weighted by Gasteiger charge is -2.17. The molecule has 3 rings (SSSR count). The van der Waals surface area contributed by atoms with Crippen molar-refractivity contribution in [2.75, 3.05) is 13.2 Å². The van der Waals surface area contributed by atoms with Crippen molar-refractivity contribution < 1.29 is 19.1 Å². The summed E-state index contributed by atoms with van der Waals surface area (Å²) in [6.45, 7) is 1.62. The predicted molar refractivity (Wildman–Crippen MR) is 98.9 cm³/mol. The molecule has 1 aliphatic heterocycles. The van der Waals surface area contributed by atoms with Crippen LogP contribution in [0.5, 0.6) is 5.75 Å². The lowest BCUT2D eigenvalue weighted by atomic mass is 10.1. The molecule has 2 aromatic rings. The van der Waals surface area contributed by atoms with Crippen LogP contribution < -0.4 is 10.1 Å². The number of para-hydroxylation sites is 1. The lowest BCUT2D eigenvalue weighted by Crippen LogP contribution is -2.31. The van der Waals surface area contributed by atoms with Gasteiger partial charge in [0.25, 0.3) is 5.91 Å². The summed E-state index contributed by atoms with van der Waals surface area (Å²) in [5.41, 5.74) is 2.10. The molecular weight excluding hydrogens is 354 g/mol. The molecular formula is C20H18ClNO4. The van der Waals surface area contributed by atoms with E-state index in [1.807, 2.05) is 43.3 Å². The molecule has 1 heterocycles. The normalized spacial score (nSPS) is 13.7. The molecule has 0 bridgehead atoms. The van der Waals surface area contributed by atoms with Gasteiger partial charge in [-0.05, 0) is 36.8 Å². The Morgan fingerprint density at radius 1 is 1.19 bits per heavy atom. The fourth-order valence-electron chi connectivity index (χ4n) is 2.58. The Balaban J connectivity index is 1.52. The SMILES string of the molecule is C[C@H](NC(=O)COC(=O)C1=Cc2ccccc2OC1)c1ccc(Cl)cc1. The first-order chi connectivity index (χ1) is 12.5. The zero-order valence-corrected chi connectivity index (χ0v) is 15.0. The molecule has 0 saturated heterocycles. The monoisotopic (exact) mass is 371 g/mol. The van der Waals surface area contributed by atoms with Crippen molar-refractivity contribution in [3.8, 4) is 5.75 Å². The van der Waals surface area contributed by atoms with E-state index in [1.165, 1.54) is 0 Å². The summed E-state index contributed by atoms with van der Waals surface area (Å²) in [6, 6.07) is 14.4. The van der Waals surface area contributed by atoms with Gasteiger partial charge in [-0.15, -0.1) is 0 Å². The highest BCUT2D eigenvalue weighted by atomic mass is 35.5. The van der Waals surface area contributed by atoms with Crippen LogP contribution in [0.2, 0.25) is 5.02 Å². The molecule has 6 heteroatoms. The van der Waals surface area contributed by atoms with Crippen LogP contribution >= 0.6 is 11.6 Å². The van der Waals surface area contributed by atoms with Crippen LogP contribution in [0, 0.1) is 0 Å². The number of hydrogen-bond donors (Lipinski definition) is 1. The van der Waals surface area contributed by atoms with E-state index in [4.69, 9.17) is 21.1 Å². The smallest absolute Gasteiger partial charge is 0.338 e. The fraction of sp³-hybridized carbons (Fsp3) is 0.200. The number of carbonyl (C=O) groups excluding carboxylic acids is 2. The number of halogens is 1. The third-order valence-corrected chi connectivity index (χ3v) is 4.23. The molecule has 0 spiro atoms. The third kappa shape index (κ3) is 4.43. The van der Waals surface area contributed by atoms with Gasteiger partial charge in [-0.2, -0.15) is 0 Å². The minimum absolute atomic E-state index is 0.124. The second-order valence-electron chi connectivity index (χ2n) is 5.91. The first-order valence-corrected chi connectivity index (χ1v) is 8.55. The summed E-state index contributed by atoms with van der Waals surface area (Å²) in [6.07, 6.45) is 1.72. The Morgan fingerprint density at radius 2 is 1.92 bits per heavy atom. The van der Waals surface area contributed by atoms with Crippen molar-refractivity contribution in [3.63, 3.8) is 0 Å². The van der Waals surface area contributed by atoms with Gasteiger partial charge in [0.1, 0.15) is 12.4 Å². The Labute approximate surface area is 156 Å². The predicted octanol–water partition coefficient (Wildman–Crippen LogP) is 3.54. The van der Waals surface area contributed by atoms with Crippen molar-refractivity contribution in [2.24, 2.45) is 0 Å². The van der Waals surface area contributed by atoms with Crippen molar-refractivity contribution in [2.45, 2.75) is 13.0 Å². The van der Waals surface area contributed by atoms with Crippen molar-refractivity contribution >= 4 is 29.6 Å². The number of rotatable bonds is 5. The van der Waals surface area contributed by atoms with Gasteiger partial charge in [0.05, 0.1) is 11.6 Å². The highest BCUT2D eigenvalue weighted by Gasteiger charge is 2.19. The molecule has 0 aromatic heterocycles. The van der Waals surface area contributed by atoms with E-state index in [0.29, 0.717) is 10.6 Å². The standard InChI is InChI=1S/C20H18ClNO4/c1-13(14-6-8-17(21)9-7-14)22-19(23)12-26-20(24)16-10-15-4-2-3-5-18(15)25-11-16/h2-10,13H,11-12H2,1H3,(H,22,23)/t13-/m0/s1. The fourth-order valence-corrected chi connectivity index (χ4v) is 2.70. The molecule has 1 atom stereocenters. The minimum atomic E-state index is -0.561. The molecule has 0 unspecified atom stereocenters. The van der Waals surface area contributed by atoms with Crippen LogP contribution in [0.15, 0.2) is 54.1 Å². The van der Waals surface area contributed by atoms with Crippen LogP contribution in [0.1, 0.15) is 24.1 Å². The average Bonchev–Trinajstić information content (AvgIpc) is 2.66. The molecule has 1 aliphatic rings. The third-order valence-electron chi connectivity index (χ3n) is 3.98. The Hall–Kier alpha value is -2.79. The van der Waals surface area contributed by atoms with E-state index in [2.05, 4.69) is 5.32 Å². The zero-order chi connectivity index (χ0) is 18.5. The number of hydrogen-bond acceptors (Lipinski definition) is 4. The van der Waals surface area contributed by atoms with Crippen LogP contribution in [0.4, 0.5) is 0 Å². The largest absolute Gasteiger partial charge is 0.488 e. The van der Waals surface area contributed by atoms with Crippen molar-refractivity contribution in [1.29, 1.82) is 0 Å². The maximum absolute atomic E-state index is 12.1. The Morgan fingerprint density at radius 3 is 2.69 bits per heavy atom. The molecule has 1 N–H and O–H groups in total. The number of ether oxygens (including phenoxy) is 2. The molecule has 26 heavy (non-hydrogen) atoms. The highest BCUT2D eigenvalue weighted by molar-refractivity contribution is 6.30. The van der Waals surface area contributed by atoms with Crippen molar-refractivity contribution in [1.82, 2.24) is 5.32 Å². The summed E-state index contributed by atoms with van der Waals surface area (Å²) < 4.78 is 10.6. The van der Waals surface area contributed by atoms with Crippen LogP contribution in [-0.2, 0) is 14.3 Å². The second kappa shape index (κ2) is 8.06. The van der Waals surface area contributed by atoms with Gasteiger partial charge >= 0.3 is 5.97 Å². The van der Waals surface area contributed by atoms with Gasteiger partial charge in [0.15, 0.2) is 6.61 Å². The van der Waals surface area contributed by atoms with Crippen LogP contribution in [0.3, 0.4) is 0 Å². The first kappa shape index (κ1) is 18.0. The van der Waals surface area contributed by atoms with E-state index in [-0.39, 0.29) is 25.2 Å². The molecule has 0 fully saturated rings. The lowest BCUT2D eigenvalue weighted by molar-refractivity contribution is -0.145. The van der Waals surface area contributed by atoms with E-state index in [1.54, 1.807) is 18.2 Å². The average molecular weight is 372 g/mol. The van der Waals surface area contributed by atoms with Gasteiger partial charge in [0, 0.05) is 10.6 Å². The summed E-state index contributed by atoms with van der Waals surface area (Å²) >= 11 is 5.85. The van der Waals surface area contributed by atoms with Crippen LogP contribution in [-0.4, -0.2) is 25.1 Å². The summed E-state index contributed by atoms with van der Waals surface area (Å²) in [7, 11) is 0. The van der Waals surface area contributed by atoms with Gasteiger partial charge < -0.3 is 14.8 Å². The van der Waals surface area contributed by atoms with E-state index >= 15 is 0 Å². The van der Waals surface area contributed by atoms with E-state index in [9.17, 15) is 9.59 Å². The van der Waals surface area contributed by atoms with Gasteiger partial charge in [-0.3, -0.25) is 4.79 Å². The van der Waals surface area contributed by atoms with E-state index in [0.717, 1.165) is 16.9 Å². The van der Waals surface area contributed by atoms with E-state index < -0.39 is 5.97 Å². The Kier molecular flexibility index (Phi) is 5.58. The minimum Gasteiger partial charge on any atom is -0.488 e. The number of carbonyl (C=O) groups is 2. The van der Waals surface area contributed by atoms with Crippen molar-refractivity contribution in [3.05, 3.63) is 70.3 Å². The number of nitrogens with one attached hydrogen (secondary N) is 1. The molecule has 5 nitrogen and oxygen atoms in total. The summed E-state index contributed by atoms with van der Waals surface area (Å²) in [5.74, 6) is -0.217. The molecule has 0 aliphatic carbocycles. The number of benzene rings is 2. The molecule has 1 amide bonds. The second-order valence-corrected chi connectivity index (χ2v) is 6.35. The quantitative estimate of drug-likeness (QED) is 0.816. The summed E-state index contributed by atoms with van der Waals surface area (Å²) in [4.78, 5) is 24.2. The molecule has 134 valence electrons. The number of amides is 1. The van der Waals surface area contributed by atoms with Gasteiger partial charge in [-0.1, -0.05) is 41.9 Å². The molecule has 0 radical (unpaired) electrons. The number of esters is 1. The topological polar surface area (TPSA) is 64.6 Å². The maximum Gasteiger partial charge on any atom is 0.338 e. The number of fused-ring (bicyclic) bond motifs is 1. The molecule has 2 aromatic carbocycles.